The number of amidine groups is 1. The van der Waals surface area contributed by atoms with Crippen molar-refractivity contribution in [3.63, 3.8) is 0 Å². The molecule has 1 aliphatic heterocycles. The van der Waals surface area contributed by atoms with E-state index in [9.17, 15) is 4.79 Å². The van der Waals surface area contributed by atoms with Gasteiger partial charge in [0.2, 0.25) is 0 Å². The molecule has 1 fully saturated rings. The molecular weight excluding hydrogens is 316 g/mol. The van der Waals surface area contributed by atoms with Gasteiger partial charge >= 0.3 is 0 Å². The molecule has 110 valence electrons. The van der Waals surface area contributed by atoms with Gasteiger partial charge in [-0.1, -0.05) is 41.9 Å². The van der Waals surface area contributed by atoms with Gasteiger partial charge < -0.3 is 0 Å². The van der Waals surface area contributed by atoms with E-state index in [2.05, 4.69) is 4.99 Å². The molecule has 0 spiro atoms. The summed E-state index contributed by atoms with van der Waals surface area (Å²) in [5.74, 6) is -0.0402. The zero-order valence-electron chi connectivity index (χ0n) is 11.9. The number of hydrogen-bond acceptors (Lipinski definition) is 3. The van der Waals surface area contributed by atoms with Gasteiger partial charge in [-0.25, -0.2) is 4.99 Å². The fraction of sp³-hybridized carbons (Fsp3) is 0.0588. The SMILES string of the molecule is CN1C(=O)C(=Cc2ccccc2)SC1=Nc1ccc(Cl)cc1. The minimum Gasteiger partial charge on any atom is -0.290 e. The van der Waals surface area contributed by atoms with Crippen LogP contribution in [0.5, 0.6) is 0 Å². The second-order valence-corrected chi connectivity index (χ2v) is 6.20. The number of thioether (sulfide) groups is 1. The van der Waals surface area contributed by atoms with Gasteiger partial charge in [0.25, 0.3) is 5.91 Å². The predicted molar refractivity (Wildman–Crippen MR) is 93.3 cm³/mol. The van der Waals surface area contributed by atoms with Crippen molar-refractivity contribution in [2.75, 3.05) is 7.05 Å². The Hall–Kier alpha value is -2.04. The lowest BCUT2D eigenvalue weighted by atomic mass is 10.2. The van der Waals surface area contributed by atoms with Crippen LogP contribution in [0.1, 0.15) is 5.56 Å². The molecule has 0 atom stereocenters. The van der Waals surface area contributed by atoms with Crippen LogP contribution in [0.4, 0.5) is 5.69 Å². The maximum absolute atomic E-state index is 12.3. The van der Waals surface area contributed by atoms with Gasteiger partial charge in [-0.05, 0) is 47.7 Å². The molecule has 0 aromatic heterocycles. The molecule has 3 rings (SSSR count). The smallest absolute Gasteiger partial charge is 0.266 e. The van der Waals surface area contributed by atoms with Crippen LogP contribution in [0.2, 0.25) is 5.02 Å². The zero-order chi connectivity index (χ0) is 15.5. The number of likely N-dealkylation sites (N-methyl/N-ethyl adjacent to an activating group) is 1. The first-order valence-electron chi connectivity index (χ1n) is 6.70. The predicted octanol–water partition coefficient (Wildman–Crippen LogP) is 4.57. The molecule has 0 saturated carbocycles. The Morgan fingerprint density at radius 1 is 1.09 bits per heavy atom. The quantitative estimate of drug-likeness (QED) is 0.756. The lowest BCUT2D eigenvalue weighted by molar-refractivity contribution is -0.121. The average Bonchev–Trinajstić information content (AvgIpc) is 2.79. The molecule has 3 nitrogen and oxygen atoms in total. The van der Waals surface area contributed by atoms with E-state index in [-0.39, 0.29) is 5.91 Å². The monoisotopic (exact) mass is 328 g/mol. The van der Waals surface area contributed by atoms with Crippen molar-refractivity contribution in [3.05, 3.63) is 70.1 Å². The second kappa shape index (κ2) is 6.38. The number of benzene rings is 2. The fourth-order valence-corrected chi connectivity index (χ4v) is 3.09. The van der Waals surface area contributed by atoms with Gasteiger partial charge in [0, 0.05) is 12.1 Å². The summed E-state index contributed by atoms with van der Waals surface area (Å²) in [5.41, 5.74) is 1.77. The molecule has 2 aromatic rings. The lowest BCUT2D eigenvalue weighted by Crippen LogP contribution is -2.23. The number of carbonyl (C=O) groups excluding carboxylic acids is 1. The maximum Gasteiger partial charge on any atom is 0.266 e. The Kier molecular flexibility index (Phi) is 4.32. The summed E-state index contributed by atoms with van der Waals surface area (Å²) in [7, 11) is 1.73. The summed E-state index contributed by atoms with van der Waals surface area (Å²) in [5, 5.41) is 1.33. The number of carbonyl (C=O) groups is 1. The Morgan fingerprint density at radius 2 is 1.77 bits per heavy atom. The first kappa shape index (κ1) is 14.9. The zero-order valence-corrected chi connectivity index (χ0v) is 13.4. The van der Waals surface area contributed by atoms with Crippen molar-refractivity contribution in [2.24, 2.45) is 4.99 Å². The Balaban J connectivity index is 1.88. The van der Waals surface area contributed by atoms with E-state index in [1.807, 2.05) is 48.5 Å². The van der Waals surface area contributed by atoms with Gasteiger partial charge in [-0.15, -0.1) is 0 Å². The van der Waals surface area contributed by atoms with E-state index in [4.69, 9.17) is 11.6 Å². The molecule has 1 saturated heterocycles. The number of amides is 1. The topological polar surface area (TPSA) is 32.7 Å². The normalized spacial score (nSPS) is 18.5. The van der Waals surface area contributed by atoms with Crippen LogP contribution in [0.15, 0.2) is 64.5 Å². The third-order valence-electron chi connectivity index (χ3n) is 3.15. The molecule has 22 heavy (non-hydrogen) atoms. The number of halogens is 1. The van der Waals surface area contributed by atoms with E-state index in [1.54, 1.807) is 24.1 Å². The summed E-state index contributed by atoms with van der Waals surface area (Å²) in [6.07, 6.45) is 1.88. The molecule has 0 N–H and O–H groups in total. The largest absolute Gasteiger partial charge is 0.290 e. The molecule has 5 heteroatoms. The first-order valence-corrected chi connectivity index (χ1v) is 7.90. The lowest BCUT2D eigenvalue weighted by Gasteiger charge is -2.07. The minimum atomic E-state index is -0.0402. The van der Waals surface area contributed by atoms with E-state index in [1.165, 1.54) is 11.8 Å². The molecule has 0 radical (unpaired) electrons. The van der Waals surface area contributed by atoms with Crippen molar-refractivity contribution in [1.29, 1.82) is 0 Å². The molecule has 0 unspecified atom stereocenters. The highest BCUT2D eigenvalue weighted by molar-refractivity contribution is 8.18. The average molecular weight is 329 g/mol. The van der Waals surface area contributed by atoms with Crippen LogP contribution in [0.3, 0.4) is 0 Å². The molecule has 0 bridgehead atoms. The maximum atomic E-state index is 12.3. The van der Waals surface area contributed by atoms with Crippen LogP contribution in [0, 0.1) is 0 Å². The van der Waals surface area contributed by atoms with Crippen LogP contribution in [0.25, 0.3) is 6.08 Å². The van der Waals surface area contributed by atoms with Gasteiger partial charge in [0.05, 0.1) is 10.6 Å². The first-order chi connectivity index (χ1) is 10.6. The van der Waals surface area contributed by atoms with Gasteiger partial charge in [0.1, 0.15) is 0 Å². The van der Waals surface area contributed by atoms with Crippen molar-refractivity contribution >= 4 is 46.2 Å². The van der Waals surface area contributed by atoms with Gasteiger partial charge in [0.15, 0.2) is 5.17 Å². The highest BCUT2D eigenvalue weighted by atomic mass is 35.5. The second-order valence-electron chi connectivity index (χ2n) is 4.76. The van der Waals surface area contributed by atoms with Gasteiger partial charge in [-0.2, -0.15) is 0 Å². The minimum absolute atomic E-state index is 0.0402. The van der Waals surface area contributed by atoms with Crippen molar-refractivity contribution in [3.8, 4) is 0 Å². The fourth-order valence-electron chi connectivity index (χ4n) is 1.98. The van der Waals surface area contributed by atoms with Crippen LogP contribution in [-0.4, -0.2) is 23.0 Å². The number of aliphatic imine (C=N–C) groups is 1. The van der Waals surface area contributed by atoms with E-state index >= 15 is 0 Å². The molecular formula is C17H13ClN2OS. The van der Waals surface area contributed by atoms with Crippen molar-refractivity contribution < 1.29 is 4.79 Å². The number of rotatable bonds is 2. The standard InChI is InChI=1S/C17H13ClN2OS/c1-20-16(21)15(11-12-5-3-2-4-6-12)22-17(20)19-14-9-7-13(18)8-10-14/h2-11H,1H3. The highest BCUT2D eigenvalue weighted by Gasteiger charge is 2.30. The molecule has 1 aliphatic rings. The molecule has 1 heterocycles. The number of hydrogen-bond donors (Lipinski definition) is 0. The van der Waals surface area contributed by atoms with Gasteiger partial charge in [-0.3, -0.25) is 9.69 Å². The van der Waals surface area contributed by atoms with Crippen molar-refractivity contribution in [2.45, 2.75) is 0 Å². The summed E-state index contributed by atoms with van der Waals surface area (Å²) in [6, 6.07) is 17.0. The van der Waals surface area contributed by atoms with E-state index < -0.39 is 0 Å². The summed E-state index contributed by atoms with van der Waals surface area (Å²) in [4.78, 5) is 19.0. The van der Waals surface area contributed by atoms with Crippen LogP contribution in [-0.2, 0) is 4.79 Å². The van der Waals surface area contributed by atoms with E-state index in [0.29, 0.717) is 15.1 Å². The van der Waals surface area contributed by atoms with Crippen LogP contribution < -0.4 is 0 Å². The summed E-state index contributed by atoms with van der Waals surface area (Å²) < 4.78 is 0. The summed E-state index contributed by atoms with van der Waals surface area (Å²) >= 11 is 7.24. The highest BCUT2D eigenvalue weighted by Crippen LogP contribution is 2.33. The summed E-state index contributed by atoms with van der Waals surface area (Å²) in [6.45, 7) is 0. The molecule has 2 aromatic carbocycles. The number of nitrogens with zero attached hydrogens (tertiary/aromatic N) is 2. The Morgan fingerprint density at radius 3 is 2.45 bits per heavy atom. The molecule has 1 amide bonds. The Bertz CT molecular complexity index is 754. The molecule has 0 aliphatic carbocycles. The third kappa shape index (κ3) is 3.24. The van der Waals surface area contributed by atoms with Crippen molar-refractivity contribution in [1.82, 2.24) is 4.90 Å². The third-order valence-corrected chi connectivity index (χ3v) is 4.46. The van der Waals surface area contributed by atoms with Crippen LogP contribution >= 0.6 is 23.4 Å². The van der Waals surface area contributed by atoms with E-state index in [0.717, 1.165) is 11.3 Å². The Labute approximate surface area is 138 Å².